The molecule has 2 aromatic carbocycles. The zero-order valence-electron chi connectivity index (χ0n) is 17.5. The number of carboxylic acids is 1. The van der Waals surface area contributed by atoms with Gasteiger partial charge in [0, 0.05) is 15.8 Å². The average Bonchev–Trinajstić information content (AvgIpc) is 3.37. The summed E-state index contributed by atoms with van der Waals surface area (Å²) in [6.45, 7) is 0.0901. The van der Waals surface area contributed by atoms with E-state index in [1.54, 1.807) is 19.2 Å². The Morgan fingerprint density at radius 2 is 1.88 bits per heavy atom. The number of benzene rings is 2. The van der Waals surface area contributed by atoms with Gasteiger partial charge in [0.1, 0.15) is 10.8 Å². The number of hydrogen-bond acceptors (Lipinski definition) is 6. The summed E-state index contributed by atoms with van der Waals surface area (Å²) in [5.41, 5.74) is 0.993. The van der Waals surface area contributed by atoms with Gasteiger partial charge in [-0.05, 0) is 54.3 Å². The van der Waals surface area contributed by atoms with E-state index in [2.05, 4.69) is 22.9 Å². The van der Waals surface area contributed by atoms with Crippen LogP contribution in [0.15, 0.2) is 40.6 Å². The smallest absolute Gasteiger partial charge is 0.304 e. The van der Waals surface area contributed by atoms with Gasteiger partial charge in [0.2, 0.25) is 5.91 Å². The van der Waals surface area contributed by atoms with Crippen LogP contribution in [0.5, 0.6) is 5.75 Å². The molecule has 0 aliphatic heterocycles. The van der Waals surface area contributed by atoms with Crippen LogP contribution in [0, 0.1) is 17.0 Å². The maximum atomic E-state index is 13.7. The summed E-state index contributed by atoms with van der Waals surface area (Å²) in [4.78, 5) is 29.9. The predicted molar refractivity (Wildman–Crippen MR) is 122 cm³/mol. The van der Waals surface area contributed by atoms with Crippen molar-refractivity contribution in [1.29, 1.82) is 0 Å². The van der Waals surface area contributed by atoms with E-state index in [0.717, 1.165) is 22.6 Å². The zero-order valence-corrected chi connectivity index (χ0v) is 19.2. The van der Waals surface area contributed by atoms with Crippen LogP contribution < -0.4 is 10.1 Å². The molecule has 6 nitrogen and oxygen atoms in total. The number of fused-ring (bicyclic) bond motifs is 1. The molecule has 1 aliphatic carbocycles. The number of thiol groups is 1. The molecule has 33 heavy (non-hydrogen) atoms. The van der Waals surface area contributed by atoms with Crippen LogP contribution in [-0.4, -0.2) is 29.1 Å². The third-order valence-corrected chi connectivity index (χ3v) is 6.81. The van der Waals surface area contributed by atoms with Gasteiger partial charge >= 0.3 is 5.97 Å². The fraction of sp³-hybridized carbons (Fsp3) is 0.261. The van der Waals surface area contributed by atoms with Crippen molar-refractivity contribution < 1.29 is 28.2 Å². The second-order valence-electron chi connectivity index (χ2n) is 7.93. The molecule has 4 rings (SSSR count). The number of ether oxygens (including phenoxy) is 1. The largest absolute Gasteiger partial charge is 0.496 e. The Bertz CT molecular complexity index is 1210. The fourth-order valence-electron chi connectivity index (χ4n) is 4.16. The van der Waals surface area contributed by atoms with Gasteiger partial charge in [0.05, 0.1) is 31.2 Å². The van der Waals surface area contributed by atoms with Gasteiger partial charge in [-0.1, -0.05) is 0 Å². The highest BCUT2D eigenvalue weighted by atomic mass is 32.1. The summed E-state index contributed by atoms with van der Waals surface area (Å²) in [7, 11) is 1.56. The van der Waals surface area contributed by atoms with Crippen molar-refractivity contribution in [2.45, 2.75) is 30.7 Å². The van der Waals surface area contributed by atoms with Gasteiger partial charge < -0.3 is 15.2 Å². The van der Waals surface area contributed by atoms with Crippen molar-refractivity contribution >= 4 is 35.8 Å². The summed E-state index contributed by atoms with van der Waals surface area (Å²) in [5.74, 6) is -3.05. The number of halogens is 2. The van der Waals surface area contributed by atoms with Crippen molar-refractivity contribution in [1.82, 2.24) is 10.3 Å². The lowest BCUT2D eigenvalue weighted by atomic mass is 9.80. The third kappa shape index (κ3) is 4.72. The summed E-state index contributed by atoms with van der Waals surface area (Å²) in [5, 5.41) is 14.6. The molecule has 0 bridgehead atoms. The topological polar surface area (TPSA) is 88.5 Å². The molecule has 1 aromatic heterocycles. The number of aromatic nitrogens is 1. The highest BCUT2D eigenvalue weighted by Gasteiger charge is 2.46. The first-order valence-electron chi connectivity index (χ1n) is 9.99. The lowest BCUT2D eigenvalue weighted by molar-refractivity contribution is -0.145. The lowest BCUT2D eigenvalue weighted by Gasteiger charge is -2.25. The number of nitrogens with zero attached hydrogens (tertiary/aromatic N) is 1. The zero-order chi connectivity index (χ0) is 23.8. The van der Waals surface area contributed by atoms with Crippen LogP contribution in [0.1, 0.15) is 22.6 Å². The lowest BCUT2D eigenvalue weighted by Crippen LogP contribution is -2.43. The maximum Gasteiger partial charge on any atom is 0.304 e. The first-order chi connectivity index (χ1) is 15.7. The Balaban J connectivity index is 1.52. The summed E-state index contributed by atoms with van der Waals surface area (Å²) >= 11 is 5.69. The van der Waals surface area contributed by atoms with Crippen molar-refractivity contribution in [3.8, 4) is 17.0 Å². The Morgan fingerprint density at radius 1 is 1.21 bits per heavy atom. The number of carbonyl (C=O) groups is 2. The summed E-state index contributed by atoms with van der Waals surface area (Å²) in [6, 6.07) is 7.50. The van der Waals surface area contributed by atoms with E-state index in [4.69, 9.17) is 4.74 Å². The molecule has 1 heterocycles. The molecule has 0 fully saturated rings. The normalized spacial score (nSPS) is 14.1. The van der Waals surface area contributed by atoms with Crippen LogP contribution in [-0.2, 0) is 29.0 Å². The Morgan fingerprint density at radius 3 is 2.48 bits per heavy atom. The minimum Gasteiger partial charge on any atom is -0.496 e. The van der Waals surface area contributed by atoms with E-state index in [0.29, 0.717) is 27.6 Å². The minimum atomic E-state index is -1.32. The molecule has 2 N–H and O–H groups in total. The molecule has 0 spiro atoms. The number of rotatable bonds is 7. The van der Waals surface area contributed by atoms with Gasteiger partial charge in [-0.25, -0.2) is 13.8 Å². The van der Waals surface area contributed by atoms with Crippen molar-refractivity contribution in [2.75, 3.05) is 7.11 Å². The van der Waals surface area contributed by atoms with Crippen LogP contribution >= 0.6 is 24.0 Å². The number of methoxy groups -OCH3 is 1. The Kier molecular flexibility index (Phi) is 6.40. The average molecular weight is 491 g/mol. The molecule has 0 saturated carbocycles. The predicted octanol–water partition coefficient (Wildman–Crippen LogP) is 4.26. The van der Waals surface area contributed by atoms with Crippen LogP contribution in [0.25, 0.3) is 11.3 Å². The third-order valence-electron chi connectivity index (χ3n) is 5.68. The fourth-order valence-corrected chi connectivity index (χ4v) is 5.10. The van der Waals surface area contributed by atoms with Crippen molar-refractivity contribution in [3.63, 3.8) is 0 Å². The molecule has 0 saturated heterocycles. The molecule has 1 amide bonds. The Hall–Kier alpha value is -2.98. The molecular weight excluding hydrogens is 470 g/mol. The standard InChI is InChI=1S/C23H20F2N2O4S2/c1-31-19-3-2-14(32)6-15(19)18-11-33-20(27-18)10-26-22(30)23(9-21(28)29)7-12-4-16(24)17(25)5-13(12)8-23/h2-6,11,32H,7-10H2,1H3,(H,26,30)(H,28,29). The van der Waals surface area contributed by atoms with Gasteiger partial charge in [-0.15, -0.1) is 24.0 Å². The molecule has 0 radical (unpaired) electrons. The molecule has 3 aromatic rings. The van der Waals surface area contributed by atoms with E-state index < -0.39 is 35.3 Å². The first-order valence-corrected chi connectivity index (χ1v) is 11.3. The van der Waals surface area contributed by atoms with Gasteiger partial charge in [0.25, 0.3) is 0 Å². The number of thiazole rings is 1. The minimum absolute atomic E-state index is 0.0206. The summed E-state index contributed by atoms with van der Waals surface area (Å²) in [6.07, 6.45) is -0.411. The van der Waals surface area contributed by atoms with Crippen molar-refractivity contribution in [2.24, 2.45) is 5.41 Å². The van der Waals surface area contributed by atoms with E-state index in [1.165, 1.54) is 11.3 Å². The van der Waals surface area contributed by atoms with E-state index in [9.17, 15) is 23.5 Å². The number of aliphatic carboxylic acids is 1. The SMILES string of the molecule is COc1ccc(S)cc1-c1csc(CNC(=O)C2(CC(=O)O)Cc3cc(F)c(F)cc3C2)n1. The number of nitrogens with one attached hydrogen (secondary N) is 1. The number of hydrogen-bond donors (Lipinski definition) is 3. The number of carboxylic acid groups (broad SMARTS) is 1. The Labute approximate surface area is 198 Å². The molecule has 0 atom stereocenters. The second kappa shape index (κ2) is 9.11. The van der Waals surface area contributed by atoms with E-state index in [1.807, 2.05) is 11.4 Å². The highest BCUT2D eigenvalue weighted by molar-refractivity contribution is 7.80. The van der Waals surface area contributed by atoms with Crippen LogP contribution in [0.3, 0.4) is 0 Å². The van der Waals surface area contributed by atoms with E-state index in [-0.39, 0.29) is 19.4 Å². The van der Waals surface area contributed by atoms with Crippen LogP contribution in [0.2, 0.25) is 0 Å². The van der Waals surface area contributed by atoms with E-state index >= 15 is 0 Å². The molecule has 1 aliphatic rings. The quantitative estimate of drug-likeness (QED) is 0.431. The second-order valence-corrected chi connectivity index (χ2v) is 9.39. The van der Waals surface area contributed by atoms with Gasteiger partial charge in [0.15, 0.2) is 11.6 Å². The molecule has 172 valence electrons. The first kappa shape index (κ1) is 23.2. The highest BCUT2D eigenvalue weighted by Crippen LogP contribution is 2.41. The molecular formula is C23H20F2N2O4S2. The monoisotopic (exact) mass is 490 g/mol. The van der Waals surface area contributed by atoms with Crippen LogP contribution in [0.4, 0.5) is 8.78 Å². The molecule has 0 unspecified atom stereocenters. The van der Waals surface area contributed by atoms with Gasteiger partial charge in [-0.3, -0.25) is 9.59 Å². The van der Waals surface area contributed by atoms with Gasteiger partial charge in [-0.2, -0.15) is 0 Å². The summed E-state index contributed by atoms with van der Waals surface area (Å²) < 4.78 is 32.7. The maximum absolute atomic E-state index is 13.7. The van der Waals surface area contributed by atoms with Crippen molar-refractivity contribution in [3.05, 3.63) is 63.5 Å². The molecule has 10 heteroatoms. The number of carbonyl (C=O) groups excluding carboxylic acids is 1. The number of amides is 1.